The number of ether oxygens (including phenoxy) is 2. The number of fused-ring (bicyclic) bond motifs is 1. The number of hydrogen-bond donors (Lipinski definition) is 2. The van der Waals surface area contributed by atoms with Crippen LogP contribution in [0.1, 0.15) is 26.7 Å². The fourth-order valence-electron chi connectivity index (χ4n) is 2.39. The topological polar surface area (TPSA) is 76.7 Å². The number of nitrogens with one attached hydrogen (secondary N) is 2. The maximum absolute atomic E-state index is 12.0. The van der Waals surface area contributed by atoms with Crippen LogP contribution >= 0.6 is 0 Å². The largest absolute Gasteiger partial charge is 0.476 e. The van der Waals surface area contributed by atoms with Crippen molar-refractivity contribution < 1.29 is 19.1 Å². The first kappa shape index (κ1) is 13.9. The van der Waals surface area contributed by atoms with E-state index in [9.17, 15) is 9.59 Å². The molecular weight excluding hydrogens is 272 g/mol. The molecular formula is C15H18N2O4. The molecule has 2 aliphatic heterocycles. The van der Waals surface area contributed by atoms with Crippen molar-refractivity contribution in [1.82, 2.24) is 0 Å². The Morgan fingerprint density at radius 1 is 1.43 bits per heavy atom. The number of rotatable bonds is 2. The van der Waals surface area contributed by atoms with Crippen molar-refractivity contribution >= 4 is 23.2 Å². The van der Waals surface area contributed by atoms with Crippen LogP contribution in [-0.2, 0) is 14.3 Å². The van der Waals surface area contributed by atoms with Gasteiger partial charge in [0.2, 0.25) is 0 Å². The van der Waals surface area contributed by atoms with Gasteiger partial charge in [-0.25, -0.2) is 0 Å². The van der Waals surface area contributed by atoms with Crippen molar-refractivity contribution in [2.24, 2.45) is 0 Å². The smallest absolute Gasteiger partial charge is 0.268 e. The average molecular weight is 290 g/mol. The molecule has 0 aliphatic carbocycles. The summed E-state index contributed by atoms with van der Waals surface area (Å²) < 4.78 is 11.0. The van der Waals surface area contributed by atoms with Crippen LogP contribution in [0.5, 0.6) is 5.75 Å². The molecule has 1 atom stereocenters. The van der Waals surface area contributed by atoms with Gasteiger partial charge in [-0.15, -0.1) is 0 Å². The third-order valence-corrected chi connectivity index (χ3v) is 3.63. The second-order valence-corrected chi connectivity index (χ2v) is 5.77. The standard InChI is InChI=1S/C15H18N2O4/c1-15(2)14(19)17-10-6-5-9(8-12(10)21-15)16-13(18)11-4-3-7-20-11/h5-6,8,11H,3-4,7H2,1-2H3,(H,16,18)(H,17,19)/t11-/m0/s1. The predicted octanol–water partition coefficient (Wildman–Crippen LogP) is 1.91. The lowest BCUT2D eigenvalue weighted by molar-refractivity contribution is -0.129. The Labute approximate surface area is 122 Å². The molecule has 1 aromatic rings. The molecule has 2 N–H and O–H groups in total. The van der Waals surface area contributed by atoms with Crippen LogP contribution in [0.4, 0.5) is 11.4 Å². The zero-order valence-corrected chi connectivity index (χ0v) is 12.1. The SMILES string of the molecule is CC1(C)Oc2cc(NC(=O)[C@@H]3CCCO3)ccc2NC1=O. The highest BCUT2D eigenvalue weighted by Gasteiger charge is 2.35. The van der Waals surface area contributed by atoms with Gasteiger partial charge in [0.25, 0.3) is 11.8 Å². The zero-order chi connectivity index (χ0) is 15.0. The lowest BCUT2D eigenvalue weighted by Gasteiger charge is -2.31. The lowest BCUT2D eigenvalue weighted by Crippen LogP contribution is -2.45. The second kappa shape index (κ2) is 5.04. The summed E-state index contributed by atoms with van der Waals surface area (Å²) in [5, 5.41) is 5.60. The fourth-order valence-corrected chi connectivity index (χ4v) is 2.39. The molecule has 21 heavy (non-hydrogen) atoms. The van der Waals surface area contributed by atoms with E-state index >= 15 is 0 Å². The van der Waals surface area contributed by atoms with Gasteiger partial charge < -0.3 is 20.1 Å². The summed E-state index contributed by atoms with van der Waals surface area (Å²) in [6.07, 6.45) is 1.28. The Morgan fingerprint density at radius 2 is 2.24 bits per heavy atom. The summed E-state index contributed by atoms with van der Waals surface area (Å²) >= 11 is 0. The van der Waals surface area contributed by atoms with Gasteiger partial charge in [-0.05, 0) is 38.8 Å². The van der Waals surface area contributed by atoms with Gasteiger partial charge in [0.1, 0.15) is 11.9 Å². The van der Waals surface area contributed by atoms with Gasteiger partial charge in [-0.3, -0.25) is 9.59 Å². The summed E-state index contributed by atoms with van der Waals surface area (Å²) in [6, 6.07) is 5.16. The van der Waals surface area contributed by atoms with Gasteiger partial charge >= 0.3 is 0 Å². The van der Waals surface area contributed by atoms with Gasteiger partial charge in [0.05, 0.1) is 5.69 Å². The molecule has 0 saturated carbocycles. The highest BCUT2D eigenvalue weighted by molar-refractivity contribution is 6.01. The molecule has 0 unspecified atom stereocenters. The van der Waals surface area contributed by atoms with E-state index in [-0.39, 0.29) is 17.9 Å². The van der Waals surface area contributed by atoms with Crippen molar-refractivity contribution in [2.45, 2.75) is 38.4 Å². The van der Waals surface area contributed by atoms with E-state index in [4.69, 9.17) is 9.47 Å². The Bertz CT molecular complexity index is 591. The molecule has 0 spiro atoms. The molecule has 3 rings (SSSR count). The molecule has 0 bridgehead atoms. The van der Waals surface area contributed by atoms with Crippen molar-refractivity contribution in [1.29, 1.82) is 0 Å². The van der Waals surface area contributed by atoms with E-state index in [2.05, 4.69) is 10.6 Å². The molecule has 112 valence electrons. The maximum atomic E-state index is 12.0. The van der Waals surface area contributed by atoms with E-state index in [0.717, 1.165) is 12.8 Å². The molecule has 0 radical (unpaired) electrons. The quantitative estimate of drug-likeness (QED) is 0.872. The Hall–Kier alpha value is -2.08. The van der Waals surface area contributed by atoms with Crippen LogP contribution in [0.3, 0.4) is 0 Å². The first-order valence-electron chi connectivity index (χ1n) is 7.03. The van der Waals surface area contributed by atoms with E-state index in [1.54, 1.807) is 32.0 Å². The maximum Gasteiger partial charge on any atom is 0.268 e. The Morgan fingerprint density at radius 3 is 2.95 bits per heavy atom. The summed E-state index contributed by atoms with van der Waals surface area (Å²) in [4.78, 5) is 23.8. The molecule has 0 aromatic heterocycles. The fraction of sp³-hybridized carbons (Fsp3) is 0.467. The number of benzene rings is 1. The van der Waals surface area contributed by atoms with Crippen molar-refractivity contribution in [2.75, 3.05) is 17.2 Å². The van der Waals surface area contributed by atoms with Crippen LogP contribution in [0.25, 0.3) is 0 Å². The number of hydrogen-bond acceptors (Lipinski definition) is 4. The summed E-state index contributed by atoms with van der Waals surface area (Å²) in [6.45, 7) is 4.03. The molecule has 2 aliphatic rings. The molecule has 2 heterocycles. The normalized spacial score (nSPS) is 23.0. The molecule has 1 fully saturated rings. The third kappa shape index (κ3) is 2.71. The highest BCUT2D eigenvalue weighted by atomic mass is 16.5. The molecule has 2 amide bonds. The summed E-state index contributed by atoms with van der Waals surface area (Å²) in [5.41, 5.74) is 0.306. The van der Waals surface area contributed by atoms with Crippen LogP contribution in [-0.4, -0.2) is 30.1 Å². The van der Waals surface area contributed by atoms with Crippen LogP contribution in [0.15, 0.2) is 18.2 Å². The minimum atomic E-state index is -0.926. The molecule has 1 saturated heterocycles. The molecule has 6 nitrogen and oxygen atoms in total. The third-order valence-electron chi connectivity index (χ3n) is 3.63. The molecule has 1 aromatic carbocycles. The predicted molar refractivity (Wildman–Crippen MR) is 77.4 cm³/mol. The first-order chi connectivity index (χ1) is 9.95. The van der Waals surface area contributed by atoms with Crippen LogP contribution < -0.4 is 15.4 Å². The Balaban J connectivity index is 1.77. The van der Waals surface area contributed by atoms with Gasteiger partial charge in [-0.2, -0.15) is 0 Å². The van der Waals surface area contributed by atoms with E-state index in [1.807, 2.05) is 0 Å². The van der Waals surface area contributed by atoms with Crippen molar-refractivity contribution in [3.05, 3.63) is 18.2 Å². The van der Waals surface area contributed by atoms with Gasteiger partial charge in [0, 0.05) is 18.4 Å². The monoisotopic (exact) mass is 290 g/mol. The minimum Gasteiger partial charge on any atom is -0.476 e. The van der Waals surface area contributed by atoms with Gasteiger partial charge in [-0.1, -0.05) is 0 Å². The van der Waals surface area contributed by atoms with Crippen molar-refractivity contribution in [3.63, 3.8) is 0 Å². The number of anilines is 2. The molecule has 6 heteroatoms. The van der Waals surface area contributed by atoms with Crippen LogP contribution in [0, 0.1) is 0 Å². The lowest BCUT2D eigenvalue weighted by atomic mass is 10.1. The highest BCUT2D eigenvalue weighted by Crippen LogP contribution is 2.35. The van der Waals surface area contributed by atoms with E-state index in [1.165, 1.54) is 0 Å². The first-order valence-corrected chi connectivity index (χ1v) is 7.03. The van der Waals surface area contributed by atoms with Crippen molar-refractivity contribution in [3.8, 4) is 5.75 Å². The number of amides is 2. The van der Waals surface area contributed by atoms with Gasteiger partial charge in [0.15, 0.2) is 5.60 Å². The second-order valence-electron chi connectivity index (χ2n) is 5.77. The summed E-state index contributed by atoms with van der Waals surface area (Å²) in [5.74, 6) is 0.211. The zero-order valence-electron chi connectivity index (χ0n) is 12.1. The van der Waals surface area contributed by atoms with Crippen LogP contribution in [0.2, 0.25) is 0 Å². The Kier molecular flexibility index (Phi) is 3.33. The average Bonchev–Trinajstić information content (AvgIpc) is 2.94. The van der Waals surface area contributed by atoms with E-state index in [0.29, 0.717) is 23.7 Å². The van der Waals surface area contributed by atoms with E-state index < -0.39 is 5.60 Å². The summed E-state index contributed by atoms with van der Waals surface area (Å²) in [7, 11) is 0. The number of carbonyl (C=O) groups is 2. The minimum absolute atomic E-state index is 0.147. The number of carbonyl (C=O) groups excluding carboxylic acids is 2.